The molecule has 0 radical (unpaired) electrons. The lowest BCUT2D eigenvalue weighted by molar-refractivity contribution is -0.119. The van der Waals surface area contributed by atoms with Crippen LogP contribution in [-0.2, 0) is 21.4 Å². The van der Waals surface area contributed by atoms with Crippen molar-refractivity contribution >= 4 is 33.3 Å². The van der Waals surface area contributed by atoms with Crippen LogP contribution >= 0.6 is 11.6 Å². The van der Waals surface area contributed by atoms with Crippen LogP contribution in [0.2, 0.25) is 5.02 Å². The molecule has 1 aliphatic heterocycles. The van der Waals surface area contributed by atoms with Crippen LogP contribution in [0.1, 0.15) is 18.4 Å². The van der Waals surface area contributed by atoms with Crippen molar-refractivity contribution in [2.24, 2.45) is 0 Å². The van der Waals surface area contributed by atoms with Crippen LogP contribution in [0.25, 0.3) is 0 Å². The molecule has 134 valence electrons. The minimum Gasteiger partial charge on any atom is -0.309 e. The molecule has 0 bridgehead atoms. The van der Waals surface area contributed by atoms with Crippen molar-refractivity contribution < 1.29 is 13.2 Å². The molecule has 7 nitrogen and oxygen atoms in total. The summed E-state index contributed by atoms with van der Waals surface area (Å²) in [5.41, 5.74) is 0.988. The first-order valence-electron chi connectivity index (χ1n) is 7.88. The predicted octanol–water partition coefficient (Wildman–Crippen LogP) is 1.95. The topological polar surface area (TPSA) is 84.3 Å². The zero-order chi connectivity index (χ0) is 18.0. The summed E-state index contributed by atoms with van der Waals surface area (Å²) < 4.78 is 26.5. The fourth-order valence-electron chi connectivity index (χ4n) is 2.94. The summed E-state index contributed by atoms with van der Waals surface area (Å²) in [7, 11) is -3.40. The fourth-order valence-corrected chi connectivity index (χ4v) is 4.19. The van der Waals surface area contributed by atoms with Gasteiger partial charge in [0.1, 0.15) is 11.9 Å². The molecule has 1 N–H and O–H groups in total. The van der Waals surface area contributed by atoms with Gasteiger partial charge in [-0.25, -0.2) is 13.1 Å². The Bertz CT molecular complexity index is 864. The quantitative estimate of drug-likeness (QED) is 0.856. The van der Waals surface area contributed by atoms with Crippen LogP contribution in [0.15, 0.2) is 36.5 Å². The molecule has 1 aromatic heterocycles. The Morgan fingerprint density at radius 1 is 1.32 bits per heavy atom. The van der Waals surface area contributed by atoms with Crippen LogP contribution in [0.3, 0.4) is 0 Å². The minimum absolute atomic E-state index is 0.333. The number of nitrogens with one attached hydrogen (secondary N) is 1. The Hall–Kier alpha value is -1.90. The Labute approximate surface area is 151 Å². The smallest absolute Gasteiger partial charge is 0.243 e. The molecule has 0 spiro atoms. The van der Waals surface area contributed by atoms with Crippen LogP contribution < -0.4 is 5.32 Å². The van der Waals surface area contributed by atoms with Gasteiger partial charge in [-0.2, -0.15) is 9.40 Å². The second kappa shape index (κ2) is 7.15. The minimum atomic E-state index is -3.40. The van der Waals surface area contributed by atoms with E-state index in [0.717, 1.165) is 11.8 Å². The summed E-state index contributed by atoms with van der Waals surface area (Å²) in [5.74, 6) is 0.195. The molecule has 3 rings (SSSR count). The molecule has 2 aromatic rings. The molecule has 1 amide bonds. The van der Waals surface area contributed by atoms with Crippen molar-refractivity contribution in [3.63, 3.8) is 0 Å². The first-order valence-corrected chi connectivity index (χ1v) is 10.1. The molecule has 1 atom stereocenters. The second-order valence-electron chi connectivity index (χ2n) is 6.02. The maximum atomic E-state index is 12.5. The van der Waals surface area contributed by atoms with Gasteiger partial charge in [0.05, 0.1) is 19.0 Å². The van der Waals surface area contributed by atoms with Crippen molar-refractivity contribution in [3.8, 4) is 0 Å². The van der Waals surface area contributed by atoms with Gasteiger partial charge in [0.25, 0.3) is 0 Å². The summed E-state index contributed by atoms with van der Waals surface area (Å²) in [4.78, 5) is 12.5. The molecule has 1 saturated heterocycles. The van der Waals surface area contributed by atoms with E-state index in [9.17, 15) is 13.2 Å². The number of nitrogens with zero attached hydrogens (tertiary/aromatic N) is 3. The van der Waals surface area contributed by atoms with Gasteiger partial charge in [-0.05, 0) is 30.5 Å². The van der Waals surface area contributed by atoms with Crippen molar-refractivity contribution in [2.45, 2.75) is 25.4 Å². The summed E-state index contributed by atoms with van der Waals surface area (Å²) >= 11 is 5.88. The monoisotopic (exact) mass is 382 g/mol. The number of amides is 1. The highest BCUT2D eigenvalue weighted by atomic mass is 35.5. The normalized spacial score (nSPS) is 18.4. The van der Waals surface area contributed by atoms with Gasteiger partial charge in [0.2, 0.25) is 15.9 Å². The number of anilines is 1. The van der Waals surface area contributed by atoms with Crippen LogP contribution in [-0.4, -0.2) is 47.3 Å². The molecule has 2 heterocycles. The highest BCUT2D eigenvalue weighted by Crippen LogP contribution is 2.22. The number of sulfonamides is 1. The van der Waals surface area contributed by atoms with Crippen LogP contribution in [0, 0.1) is 0 Å². The molecular formula is C16H19ClN4O3S. The van der Waals surface area contributed by atoms with E-state index in [1.165, 1.54) is 4.31 Å². The maximum absolute atomic E-state index is 12.5. The number of rotatable bonds is 5. The Morgan fingerprint density at radius 2 is 2.04 bits per heavy atom. The van der Waals surface area contributed by atoms with Crippen LogP contribution in [0.4, 0.5) is 5.82 Å². The number of carbonyl (C=O) groups is 1. The number of benzene rings is 1. The fraction of sp³-hybridized carbons (Fsp3) is 0.375. The number of carbonyl (C=O) groups excluding carboxylic acids is 1. The second-order valence-corrected chi connectivity index (χ2v) is 8.39. The van der Waals surface area contributed by atoms with Crippen molar-refractivity contribution in [2.75, 3.05) is 18.1 Å². The third kappa shape index (κ3) is 4.20. The zero-order valence-electron chi connectivity index (χ0n) is 13.7. The first-order chi connectivity index (χ1) is 11.8. The van der Waals surface area contributed by atoms with E-state index in [1.54, 1.807) is 29.1 Å². The molecule has 1 unspecified atom stereocenters. The number of hydrogen-bond acceptors (Lipinski definition) is 4. The lowest BCUT2D eigenvalue weighted by Gasteiger charge is -2.21. The van der Waals surface area contributed by atoms with Crippen molar-refractivity contribution in [1.82, 2.24) is 14.1 Å². The average molecular weight is 383 g/mol. The largest absolute Gasteiger partial charge is 0.309 e. The molecule has 1 aromatic carbocycles. The van der Waals surface area contributed by atoms with E-state index < -0.39 is 16.1 Å². The summed E-state index contributed by atoms with van der Waals surface area (Å²) in [5, 5.41) is 7.67. The van der Waals surface area contributed by atoms with Crippen LogP contribution in [0.5, 0.6) is 0 Å². The third-order valence-electron chi connectivity index (χ3n) is 4.15. The van der Waals surface area contributed by atoms with Gasteiger partial charge in [-0.15, -0.1) is 0 Å². The standard InChI is InChI=1S/C16H19ClN4O3S/c1-25(23,24)21-10-2-3-14(21)16(22)19-15-8-9-18-20(15)11-12-4-6-13(17)7-5-12/h4-9,14H,2-3,10-11H2,1H3,(H,19,22). The lowest BCUT2D eigenvalue weighted by atomic mass is 10.2. The molecule has 9 heteroatoms. The number of aromatic nitrogens is 2. The zero-order valence-corrected chi connectivity index (χ0v) is 15.3. The Balaban J connectivity index is 1.72. The SMILES string of the molecule is CS(=O)(=O)N1CCCC1C(=O)Nc1ccnn1Cc1ccc(Cl)cc1. The Morgan fingerprint density at radius 3 is 2.72 bits per heavy atom. The molecule has 1 fully saturated rings. The maximum Gasteiger partial charge on any atom is 0.243 e. The predicted molar refractivity (Wildman–Crippen MR) is 96.0 cm³/mol. The average Bonchev–Trinajstić information content (AvgIpc) is 3.19. The van der Waals surface area contributed by atoms with E-state index in [2.05, 4.69) is 10.4 Å². The Kier molecular flexibility index (Phi) is 5.12. The van der Waals surface area contributed by atoms with Gasteiger partial charge in [0.15, 0.2) is 0 Å². The molecule has 25 heavy (non-hydrogen) atoms. The van der Waals surface area contributed by atoms with Crippen molar-refractivity contribution in [1.29, 1.82) is 0 Å². The highest BCUT2D eigenvalue weighted by molar-refractivity contribution is 7.88. The summed E-state index contributed by atoms with van der Waals surface area (Å²) in [6.45, 7) is 0.848. The molecule has 0 aliphatic carbocycles. The number of halogens is 1. The van der Waals surface area contributed by atoms with Gasteiger partial charge in [0, 0.05) is 17.6 Å². The van der Waals surface area contributed by atoms with Gasteiger partial charge < -0.3 is 5.32 Å². The third-order valence-corrected chi connectivity index (χ3v) is 5.69. The molecule has 0 saturated carbocycles. The van der Waals surface area contributed by atoms with E-state index in [4.69, 9.17) is 11.6 Å². The lowest BCUT2D eigenvalue weighted by Crippen LogP contribution is -2.42. The van der Waals surface area contributed by atoms with E-state index in [0.29, 0.717) is 36.8 Å². The highest BCUT2D eigenvalue weighted by Gasteiger charge is 2.36. The van der Waals surface area contributed by atoms with E-state index >= 15 is 0 Å². The molecule has 1 aliphatic rings. The first kappa shape index (κ1) is 17.9. The summed E-state index contributed by atoms with van der Waals surface area (Å²) in [6.07, 6.45) is 3.91. The molecular weight excluding hydrogens is 364 g/mol. The van der Waals surface area contributed by atoms with E-state index in [-0.39, 0.29) is 5.91 Å². The summed E-state index contributed by atoms with van der Waals surface area (Å²) in [6, 6.07) is 8.38. The van der Waals surface area contributed by atoms with Gasteiger partial charge in [-0.1, -0.05) is 23.7 Å². The van der Waals surface area contributed by atoms with Gasteiger partial charge >= 0.3 is 0 Å². The van der Waals surface area contributed by atoms with Gasteiger partial charge in [-0.3, -0.25) is 4.79 Å². The number of hydrogen-bond donors (Lipinski definition) is 1. The van der Waals surface area contributed by atoms with Crippen molar-refractivity contribution in [3.05, 3.63) is 47.1 Å². The van der Waals surface area contributed by atoms with E-state index in [1.807, 2.05) is 12.1 Å².